The molecule has 0 fully saturated rings. The van der Waals surface area contributed by atoms with Gasteiger partial charge in [-0.15, -0.1) is 10.2 Å². The van der Waals surface area contributed by atoms with Gasteiger partial charge in [-0.1, -0.05) is 35.3 Å². The molecule has 0 spiro atoms. The summed E-state index contributed by atoms with van der Waals surface area (Å²) in [5.41, 5.74) is 7.99. The summed E-state index contributed by atoms with van der Waals surface area (Å²) < 4.78 is 0. The summed E-state index contributed by atoms with van der Waals surface area (Å²) in [6.07, 6.45) is 0. The minimum Gasteiger partial charge on any atom is -0.366 e. The zero-order valence-corrected chi connectivity index (χ0v) is 9.87. The van der Waals surface area contributed by atoms with Gasteiger partial charge in [0.05, 0.1) is 10.0 Å². The van der Waals surface area contributed by atoms with Gasteiger partial charge in [0.15, 0.2) is 5.82 Å². The van der Waals surface area contributed by atoms with Crippen molar-refractivity contribution in [3.63, 3.8) is 0 Å². The normalized spacial score (nSPS) is 10.3. The highest BCUT2D eigenvalue weighted by Crippen LogP contribution is 2.34. The van der Waals surface area contributed by atoms with Crippen LogP contribution in [0.15, 0.2) is 18.2 Å². The number of rotatable bonds is 2. The number of benzene rings is 1. The molecule has 0 aliphatic heterocycles. The molecule has 0 saturated heterocycles. The SMILES string of the molecule is Nc1nnc(-c2cccc(Cl)c2Cl)c(NO)n1. The van der Waals surface area contributed by atoms with E-state index in [4.69, 9.17) is 34.1 Å². The first-order valence-corrected chi connectivity index (χ1v) is 5.23. The number of nitrogens with two attached hydrogens (primary N) is 1. The van der Waals surface area contributed by atoms with Gasteiger partial charge in [-0.3, -0.25) is 10.7 Å². The third-order valence-corrected chi connectivity index (χ3v) is 2.83. The Hall–Kier alpha value is -1.63. The number of halogens is 2. The van der Waals surface area contributed by atoms with Crippen molar-refractivity contribution in [1.29, 1.82) is 0 Å². The maximum atomic E-state index is 8.95. The van der Waals surface area contributed by atoms with Gasteiger partial charge in [-0.25, -0.2) is 0 Å². The van der Waals surface area contributed by atoms with Gasteiger partial charge in [-0.2, -0.15) is 4.98 Å². The fraction of sp³-hybridized carbons (Fsp3) is 0. The minimum atomic E-state index is -0.0662. The maximum absolute atomic E-state index is 8.95. The van der Waals surface area contributed by atoms with E-state index < -0.39 is 0 Å². The fourth-order valence-electron chi connectivity index (χ4n) is 1.28. The van der Waals surface area contributed by atoms with E-state index >= 15 is 0 Å². The van der Waals surface area contributed by atoms with Crippen LogP contribution in [0.5, 0.6) is 0 Å². The number of nitrogens with one attached hydrogen (secondary N) is 1. The molecule has 0 unspecified atom stereocenters. The van der Waals surface area contributed by atoms with Crippen molar-refractivity contribution < 1.29 is 5.21 Å². The van der Waals surface area contributed by atoms with Crippen LogP contribution in [0.2, 0.25) is 10.0 Å². The summed E-state index contributed by atoms with van der Waals surface area (Å²) in [4.78, 5) is 3.78. The third-order valence-electron chi connectivity index (χ3n) is 2.02. The molecule has 1 aromatic carbocycles. The molecule has 0 atom stereocenters. The number of hydrogen-bond donors (Lipinski definition) is 3. The average molecular weight is 272 g/mol. The maximum Gasteiger partial charge on any atom is 0.242 e. The van der Waals surface area contributed by atoms with E-state index in [1.165, 1.54) is 0 Å². The first-order chi connectivity index (χ1) is 8.13. The highest BCUT2D eigenvalue weighted by atomic mass is 35.5. The Bertz CT molecular complexity index is 563. The standard InChI is InChI=1S/C9H7Cl2N5O/c10-5-3-1-2-4(6(5)11)7-8(16-17)13-9(12)15-14-7/h1-3,17H,(H3,12,13,15,16). The number of nitrogens with zero attached hydrogens (tertiary/aromatic N) is 3. The van der Waals surface area contributed by atoms with Gasteiger partial charge in [0.25, 0.3) is 0 Å². The van der Waals surface area contributed by atoms with Crippen molar-refractivity contribution in [3.8, 4) is 11.3 Å². The Kier molecular flexibility index (Phi) is 3.28. The Morgan fingerprint density at radius 3 is 2.71 bits per heavy atom. The smallest absolute Gasteiger partial charge is 0.242 e. The van der Waals surface area contributed by atoms with Crippen molar-refractivity contribution in [3.05, 3.63) is 28.2 Å². The van der Waals surface area contributed by atoms with Gasteiger partial charge in [-0.05, 0) is 6.07 Å². The van der Waals surface area contributed by atoms with Crippen LogP contribution in [0.4, 0.5) is 11.8 Å². The van der Waals surface area contributed by atoms with Crippen LogP contribution >= 0.6 is 23.2 Å². The van der Waals surface area contributed by atoms with Crippen LogP contribution in [0.1, 0.15) is 0 Å². The lowest BCUT2D eigenvalue weighted by Gasteiger charge is -2.08. The highest BCUT2D eigenvalue weighted by molar-refractivity contribution is 6.43. The molecule has 0 aliphatic carbocycles. The summed E-state index contributed by atoms with van der Waals surface area (Å²) >= 11 is 11.9. The van der Waals surface area contributed by atoms with E-state index in [1.54, 1.807) is 18.2 Å². The van der Waals surface area contributed by atoms with E-state index in [1.807, 2.05) is 5.48 Å². The molecule has 17 heavy (non-hydrogen) atoms. The molecule has 2 rings (SSSR count). The first-order valence-electron chi connectivity index (χ1n) is 4.48. The van der Waals surface area contributed by atoms with E-state index in [9.17, 15) is 0 Å². The number of aromatic nitrogens is 3. The molecule has 1 aromatic heterocycles. The lowest BCUT2D eigenvalue weighted by molar-refractivity contribution is 0.386. The Morgan fingerprint density at radius 1 is 1.24 bits per heavy atom. The summed E-state index contributed by atoms with van der Waals surface area (Å²) in [6, 6.07) is 5.01. The zero-order valence-electron chi connectivity index (χ0n) is 8.35. The molecule has 0 aliphatic rings. The molecule has 0 bridgehead atoms. The zero-order chi connectivity index (χ0) is 12.4. The second-order valence-electron chi connectivity index (χ2n) is 3.08. The second kappa shape index (κ2) is 4.70. The van der Waals surface area contributed by atoms with Gasteiger partial charge in [0, 0.05) is 5.56 Å². The molecule has 88 valence electrons. The molecule has 0 radical (unpaired) electrons. The summed E-state index contributed by atoms with van der Waals surface area (Å²) in [5.74, 6) is -0.00915. The van der Waals surface area contributed by atoms with Crippen LogP contribution in [0.25, 0.3) is 11.3 Å². The van der Waals surface area contributed by atoms with Crippen LogP contribution < -0.4 is 11.2 Å². The van der Waals surface area contributed by atoms with Gasteiger partial charge < -0.3 is 5.73 Å². The van der Waals surface area contributed by atoms with E-state index in [0.29, 0.717) is 15.6 Å². The molecule has 6 nitrogen and oxygen atoms in total. The quantitative estimate of drug-likeness (QED) is 0.725. The van der Waals surface area contributed by atoms with Crippen LogP contribution in [-0.4, -0.2) is 20.4 Å². The molecule has 2 aromatic rings. The second-order valence-corrected chi connectivity index (χ2v) is 3.87. The van der Waals surface area contributed by atoms with Gasteiger partial charge in [0.1, 0.15) is 5.69 Å². The predicted octanol–water partition coefficient (Wildman–Crippen LogP) is 2.23. The average Bonchev–Trinajstić information content (AvgIpc) is 2.33. The van der Waals surface area contributed by atoms with Crippen molar-refractivity contribution >= 4 is 35.0 Å². The van der Waals surface area contributed by atoms with Crippen LogP contribution in [0.3, 0.4) is 0 Å². The van der Waals surface area contributed by atoms with Crippen LogP contribution in [-0.2, 0) is 0 Å². The first kappa shape index (κ1) is 11.8. The topological polar surface area (TPSA) is 97.0 Å². The number of anilines is 2. The lowest BCUT2D eigenvalue weighted by Crippen LogP contribution is -2.05. The van der Waals surface area contributed by atoms with Gasteiger partial charge >= 0.3 is 0 Å². The Balaban J connectivity index is 2.64. The molecular weight excluding hydrogens is 265 g/mol. The summed E-state index contributed by atoms with van der Waals surface area (Å²) in [6.45, 7) is 0. The highest BCUT2D eigenvalue weighted by Gasteiger charge is 2.14. The van der Waals surface area contributed by atoms with Crippen molar-refractivity contribution in [2.24, 2.45) is 0 Å². The monoisotopic (exact) mass is 271 g/mol. The van der Waals surface area contributed by atoms with E-state index in [-0.39, 0.29) is 17.5 Å². The van der Waals surface area contributed by atoms with E-state index in [2.05, 4.69) is 15.2 Å². The molecule has 1 heterocycles. The molecule has 0 saturated carbocycles. The van der Waals surface area contributed by atoms with Crippen molar-refractivity contribution in [2.75, 3.05) is 11.2 Å². The van der Waals surface area contributed by atoms with Crippen molar-refractivity contribution in [2.45, 2.75) is 0 Å². The lowest BCUT2D eigenvalue weighted by atomic mass is 10.1. The summed E-state index contributed by atoms with van der Waals surface area (Å²) in [7, 11) is 0. The van der Waals surface area contributed by atoms with E-state index in [0.717, 1.165) is 0 Å². The Labute approximate surface area is 106 Å². The largest absolute Gasteiger partial charge is 0.366 e. The minimum absolute atomic E-state index is 0.0571. The molecule has 0 amide bonds. The number of hydrogen-bond acceptors (Lipinski definition) is 6. The predicted molar refractivity (Wildman–Crippen MR) is 65.1 cm³/mol. The third kappa shape index (κ3) is 2.23. The number of nitrogen functional groups attached to an aromatic ring is 1. The molecule has 4 N–H and O–H groups in total. The molecule has 8 heteroatoms. The molecular formula is C9H7Cl2N5O. The van der Waals surface area contributed by atoms with Crippen molar-refractivity contribution in [1.82, 2.24) is 15.2 Å². The van der Waals surface area contributed by atoms with Crippen LogP contribution in [0, 0.1) is 0 Å². The van der Waals surface area contributed by atoms with Gasteiger partial charge in [0.2, 0.25) is 5.95 Å². The Morgan fingerprint density at radius 2 is 2.00 bits per heavy atom. The fourth-order valence-corrected chi connectivity index (χ4v) is 1.67. The summed E-state index contributed by atoms with van der Waals surface area (Å²) in [5, 5.41) is 17.0.